The molecule has 1 aromatic carbocycles. The third-order valence-corrected chi connectivity index (χ3v) is 2.95. The van der Waals surface area contributed by atoms with E-state index in [1.807, 2.05) is 13.8 Å². The summed E-state index contributed by atoms with van der Waals surface area (Å²) in [5.74, 6) is 5.72. The van der Waals surface area contributed by atoms with Gasteiger partial charge in [0.15, 0.2) is 0 Å². The van der Waals surface area contributed by atoms with E-state index in [2.05, 4.69) is 10.9 Å². The highest BCUT2D eigenvalue weighted by atomic mass is 35.5. The SMILES string of the molecule is COc1c(CCON)cc(C)c(C)c1Cl. The van der Waals surface area contributed by atoms with Gasteiger partial charge in [0.25, 0.3) is 0 Å². The van der Waals surface area contributed by atoms with E-state index in [1.54, 1.807) is 7.11 Å². The Morgan fingerprint density at radius 1 is 1.40 bits per heavy atom. The minimum absolute atomic E-state index is 0.454. The Hall–Kier alpha value is -0.770. The lowest BCUT2D eigenvalue weighted by Crippen LogP contribution is -2.06. The number of nitrogens with two attached hydrogens (primary N) is 1. The van der Waals surface area contributed by atoms with Gasteiger partial charge in [0.1, 0.15) is 5.75 Å². The highest BCUT2D eigenvalue weighted by Crippen LogP contribution is 2.34. The Labute approximate surface area is 95.1 Å². The van der Waals surface area contributed by atoms with Crippen molar-refractivity contribution in [3.63, 3.8) is 0 Å². The molecule has 0 aliphatic carbocycles. The second-order valence-corrected chi connectivity index (χ2v) is 3.82. The van der Waals surface area contributed by atoms with Crippen molar-refractivity contribution < 1.29 is 9.57 Å². The lowest BCUT2D eigenvalue weighted by molar-refractivity contribution is 0.140. The summed E-state index contributed by atoms with van der Waals surface area (Å²) in [5, 5.41) is 0.671. The highest BCUT2D eigenvalue weighted by Gasteiger charge is 2.12. The summed E-state index contributed by atoms with van der Waals surface area (Å²) in [5.41, 5.74) is 3.22. The van der Waals surface area contributed by atoms with Crippen LogP contribution in [0.2, 0.25) is 5.02 Å². The molecule has 1 aromatic rings. The number of halogens is 1. The molecule has 0 saturated heterocycles. The number of aryl methyl sites for hydroxylation is 1. The smallest absolute Gasteiger partial charge is 0.141 e. The molecule has 0 aliphatic heterocycles. The average Bonchev–Trinajstić information content (AvgIpc) is 2.23. The zero-order valence-corrected chi connectivity index (χ0v) is 10.0. The van der Waals surface area contributed by atoms with Crippen molar-refractivity contribution in [2.45, 2.75) is 20.3 Å². The summed E-state index contributed by atoms with van der Waals surface area (Å²) in [6.45, 7) is 4.45. The Bertz CT molecular complexity index is 353. The van der Waals surface area contributed by atoms with Crippen molar-refractivity contribution in [1.82, 2.24) is 0 Å². The molecule has 0 bridgehead atoms. The van der Waals surface area contributed by atoms with Gasteiger partial charge >= 0.3 is 0 Å². The van der Waals surface area contributed by atoms with Gasteiger partial charge in [-0.05, 0) is 30.5 Å². The number of ether oxygens (including phenoxy) is 1. The summed E-state index contributed by atoms with van der Waals surface area (Å²) in [6, 6.07) is 2.05. The van der Waals surface area contributed by atoms with Crippen molar-refractivity contribution in [1.29, 1.82) is 0 Å². The fourth-order valence-electron chi connectivity index (χ4n) is 1.49. The first kappa shape index (κ1) is 12.3. The van der Waals surface area contributed by atoms with E-state index in [4.69, 9.17) is 22.2 Å². The van der Waals surface area contributed by atoms with Crippen molar-refractivity contribution in [3.05, 3.63) is 27.8 Å². The molecule has 0 aromatic heterocycles. The van der Waals surface area contributed by atoms with Crippen LogP contribution in [-0.2, 0) is 11.3 Å². The number of methoxy groups -OCH3 is 1. The molecule has 2 N–H and O–H groups in total. The van der Waals surface area contributed by atoms with Gasteiger partial charge in [-0.2, -0.15) is 0 Å². The van der Waals surface area contributed by atoms with Crippen LogP contribution < -0.4 is 10.6 Å². The van der Waals surface area contributed by atoms with Crippen LogP contribution in [0.3, 0.4) is 0 Å². The van der Waals surface area contributed by atoms with Crippen LogP contribution in [0.25, 0.3) is 0 Å². The molecule has 0 saturated carbocycles. The van der Waals surface area contributed by atoms with Crippen LogP contribution in [0, 0.1) is 13.8 Å². The van der Waals surface area contributed by atoms with Gasteiger partial charge in [-0.3, -0.25) is 0 Å². The second kappa shape index (κ2) is 5.35. The first-order valence-electron chi connectivity index (χ1n) is 4.76. The third-order valence-electron chi connectivity index (χ3n) is 2.50. The van der Waals surface area contributed by atoms with Gasteiger partial charge in [0.2, 0.25) is 0 Å². The zero-order valence-electron chi connectivity index (χ0n) is 9.26. The third kappa shape index (κ3) is 2.62. The molecule has 0 radical (unpaired) electrons. The standard InChI is InChI=1S/C11H16ClNO2/c1-7-6-9(4-5-15-13)11(14-3)10(12)8(7)2/h6H,4-5,13H2,1-3H3. The number of rotatable bonds is 4. The van der Waals surface area contributed by atoms with Crippen LogP contribution in [0.5, 0.6) is 5.75 Å². The summed E-state index contributed by atoms with van der Waals surface area (Å²) >= 11 is 6.19. The number of hydrogen-bond acceptors (Lipinski definition) is 3. The molecule has 0 fully saturated rings. The lowest BCUT2D eigenvalue weighted by Gasteiger charge is -2.14. The first-order chi connectivity index (χ1) is 7.11. The molecule has 0 aliphatic rings. The van der Waals surface area contributed by atoms with Crippen LogP contribution in [0.15, 0.2) is 6.07 Å². The van der Waals surface area contributed by atoms with Gasteiger partial charge in [-0.15, -0.1) is 0 Å². The Morgan fingerprint density at radius 3 is 2.60 bits per heavy atom. The molecular weight excluding hydrogens is 214 g/mol. The minimum atomic E-state index is 0.454. The van der Waals surface area contributed by atoms with E-state index in [0.29, 0.717) is 18.1 Å². The molecular formula is C11H16ClNO2. The Balaban J connectivity index is 3.13. The Kier molecular flexibility index (Phi) is 4.39. The van der Waals surface area contributed by atoms with Crippen LogP contribution in [-0.4, -0.2) is 13.7 Å². The molecule has 84 valence electrons. The van der Waals surface area contributed by atoms with E-state index < -0.39 is 0 Å². The topological polar surface area (TPSA) is 44.5 Å². The van der Waals surface area contributed by atoms with Crippen molar-refractivity contribution in [3.8, 4) is 5.75 Å². The second-order valence-electron chi connectivity index (χ2n) is 3.45. The monoisotopic (exact) mass is 229 g/mol. The van der Waals surface area contributed by atoms with Gasteiger partial charge < -0.3 is 9.57 Å². The molecule has 0 atom stereocenters. The van der Waals surface area contributed by atoms with Gasteiger partial charge in [0.05, 0.1) is 18.7 Å². The highest BCUT2D eigenvalue weighted by molar-refractivity contribution is 6.33. The van der Waals surface area contributed by atoms with Crippen molar-refractivity contribution >= 4 is 11.6 Å². The average molecular weight is 230 g/mol. The summed E-state index contributed by atoms with van der Waals surface area (Å²) in [6.07, 6.45) is 0.695. The van der Waals surface area contributed by atoms with E-state index in [0.717, 1.165) is 22.4 Å². The van der Waals surface area contributed by atoms with Gasteiger partial charge in [-0.1, -0.05) is 17.7 Å². The molecule has 0 heterocycles. The fourth-order valence-corrected chi connectivity index (χ4v) is 1.84. The fraction of sp³-hybridized carbons (Fsp3) is 0.455. The Morgan fingerprint density at radius 2 is 2.07 bits per heavy atom. The summed E-state index contributed by atoms with van der Waals surface area (Å²) in [7, 11) is 1.61. The maximum absolute atomic E-state index is 6.19. The summed E-state index contributed by atoms with van der Waals surface area (Å²) in [4.78, 5) is 4.56. The molecule has 0 unspecified atom stereocenters. The van der Waals surface area contributed by atoms with E-state index in [9.17, 15) is 0 Å². The van der Waals surface area contributed by atoms with E-state index in [1.165, 1.54) is 0 Å². The van der Waals surface area contributed by atoms with Gasteiger partial charge in [-0.25, -0.2) is 5.90 Å². The molecule has 1 rings (SSSR count). The molecule has 4 heteroatoms. The molecule has 0 spiro atoms. The van der Waals surface area contributed by atoms with Crippen LogP contribution in [0.4, 0.5) is 0 Å². The quantitative estimate of drug-likeness (QED) is 0.807. The normalized spacial score (nSPS) is 10.5. The predicted octanol–water partition coefficient (Wildman–Crippen LogP) is 2.40. The summed E-state index contributed by atoms with van der Waals surface area (Å²) < 4.78 is 5.28. The maximum Gasteiger partial charge on any atom is 0.141 e. The zero-order chi connectivity index (χ0) is 11.4. The molecule has 3 nitrogen and oxygen atoms in total. The van der Waals surface area contributed by atoms with Crippen LogP contribution in [0.1, 0.15) is 16.7 Å². The minimum Gasteiger partial charge on any atom is -0.495 e. The molecule has 15 heavy (non-hydrogen) atoms. The van der Waals surface area contributed by atoms with E-state index >= 15 is 0 Å². The maximum atomic E-state index is 6.19. The number of benzene rings is 1. The van der Waals surface area contributed by atoms with Crippen LogP contribution >= 0.6 is 11.6 Å². The largest absolute Gasteiger partial charge is 0.495 e. The predicted molar refractivity (Wildman–Crippen MR) is 61.3 cm³/mol. The lowest BCUT2D eigenvalue weighted by atomic mass is 10.0. The molecule has 0 amide bonds. The van der Waals surface area contributed by atoms with Crippen molar-refractivity contribution in [2.24, 2.45) is 5.90 Å². The van der Waals surface area contributed by atoms with Crippen molar-refractivity contribution in [2.75, 3.05) is 13.7 Å². The van der Waals surface area contributed by atoms with Gasteiger partial charge in [0, 0.05) is 6.42 Å². The van der Waals surface area contributed by atoms with E-state index in [-0.39, 0.29) is 0 Å². The first-order valence-corrected chi connectivity index (χ1v) is 5.13. The number of hydrogen-bond donors (Lipinski definition) is 1.